The van der Waals surface area contributed by atoms with Crippen LogP contribution in [0.1, 0.15) is 45.1 Å². The summed E-state index contributed by atoms with van der Waals surface area (Å²) >= 11 is 0. The highest BCUT2D eigenvalue weighted by Crippen LogP contribution is 2.30. The van der Waals surface area contributed by atoms with Crippen LogP contribution in [-0.2, 0) is 20.6 Å². The largest absolute Gasteiger partial charge is 0.400 e. The van der Waals surface area contributed by atoms with Crippen molar-refractivity contribution in [3.05, 3.63) is 54.1 Å². The molecule has 2 fully saturated rings. The highest BCUT2D eigenvalue weighted by atomic mass is 16.7. The number of carbonyl (C=O) groups excluding carboxylic acids is 2. The molecule has 2 aliphatic rings. The average molecular weight is 770 g/mol. The fraction of sp³-hybridized carbons (Fsp3) is 0.611. The van der Waals surface area contributed by atoms with Crippen molar-refractivity contribution in [1.82, 2.24) is 10.6 Å². The number of unbranched alkanes of at least 4 members (excludes halogenated alkanes) is 2. The molecule has 2 heterocycles. The van der Waals surface area contributed by atoms with Crippen molar-refractivity contribution >= 4 is 29.1 Å². The number of nitrogens with two attached hydrogens (primary N) is 1. The van der Waals surface area contributed by atoms with E-state index in [1.807, 2.05) is 6.92 Å². The lowest BCUT2D eigenvalue weighted by atomic mass is 9.91. The van der Waals surface area contributed by atoms with E-state index in [2.05, 4.69) is 28.2 Å². The number of nitrogen functional groups attached to an aromatic ring is 1. The van der Waals surface area contributed by atoms with Crippen LogP contribution in [0.4, 0.5) is 26.7 Å². The Labute approximate surface area is 315 Å². The minimum absolute atomic E-state index is 0.171. The maximum atomic E-state index is 11.9. The van der Waals surface area contributed by atoms with Gasteiger partial charge in [0.15, 0.2) is 6.29 Å². The van der Waals surface area contributed by atoms with Crippen molar-refractivity contribution in [2.45, 2.75) is 107 Å². The van der Waals surface area contributed by atoms with Crippen molar-refractivity contribution in [2.24, 2.45) is 0 Å². The number of rotatable bonds is 14. The quantitative estimate of drug-likeness (QED) is 0.0861. The van der Waals surface area contributed by atoms with E-state index in [4.69, 9.17) is 25.1 Å². The highest BCUT2D eigenvalue weighted by molar-refractivity contribution is 5.89. The normalized spacial score (nSPS) is 27.6. The van der Waals surface area contributed by atoms with Gasteiger partial charge in [0.25, 0.3) is 0 Å². The first-order chi connectivity index (χ1) is 25.9. The molecule has 2 aliphatic heterocycles. The minimum Gasteiger partial charge on any atom is -0.400 e. The van der Waals surface area contributed by atoms with E-state index in [-0.39, 0.29) is 18.5 Å². The lowest BCUT2D eigenvalue weighted by Crippen LogP contribution is -2.64. The molecular weight excluding hydrogens is 710 g/mol. The number of carbonyl (C=O) groups is 2. The number of aliphatic hydroxyl groups is 8. The molecule has 2 saturated heterocycles. The number of amides is 4. The summed E-state index contributed by atoms with van der Waals surface area (Å²) in [6.45, 7) is 4.13. The SMILES string of the molecule is CCCCNC(=O)Nc1ccc(C[C@@H]2OC(CO)[C@@H](OC3OC(CO)[C@H](O)C(O)[C@@H]3O)[C@H](O)C2O)cc1.CCCCNC(=O)Nc1ccc(N)cc1.CO. The maximum Gasteiger partial charge on any atom is 0.319 e. The lowest BCUT2D eigenvalue weighted by Gasteiger charge is -2.46. The summed E-state index contributed by atoms with van der Waals surface area (Å²) in [7, 11) is 1.00. The molecule has 18 nitrogen and oxygen atoms in total. The zero-order chi connectivity index (χ0) is 40.2. The molecule has 54 heavy (non-hydrogen) atoms. The van der Waals surface area contributed by atoms with Crippen LogP contribution in [0.5, 0.6) is 0 Å². The van der Waals surface area contributed by atoms with Gasteiger partial charge in [0.2, 0.25) is 0 Å². The highest BCUT2D eigenvalue weighted by Gasteiger charge is 2.50. The van der Waals surface area contributed by atoms with Crippen molar-refractivity contribution in [1.29, 1.82) is 0 Å². The molecular formula is C36H59N5O13. The first kappa shape index (κ1) is 46.5. The molecule has 14 N–H and O–H groups in total. The zero-order valence-corrected chi connectivity index (χ0v) is 31.0. The van der Waals surface area contributed by atoms with Gasteiger partial charge in [0.05, 0.1) is 19.3 Å². The lowest BCUT2D eigenvalue weighted by molar-refractivity contribution is -0.342. The van der Waals surface area contributed by atoms with Crippen molar-refractivity contribution in [3.63, 3.8) is 0 Å². The second kappa shape index (κ2) is 24.7. The summed E-state index contributed by atoms with van der Waals surface area (Å²) in [4.78, 5) is 23.2. The summed E-state index contributed by atoms with van der Waals surface area (Å²) in [5, 5.41) is 88.8. The van der Waals surface area contributed by atoms with Gasteiger partial charge in [-0.05, 0) is 54.8 Å². The molecule has 0 bridgehead atoms. The van der Waals surface area contributed by atoms with Gasteiger partial charge in [0.1, 0.15) is 48.8 Å². The molecule has 0 aromatic heterocycles. The summed E-state index contributed by atoms with van der Waals surface area (Å²) in [6.07, 6.45) is -10.1. The van der Waals surface area contributed by atoms with Crippen LogP contribution in [0.15, 0.2) is 48.5 Å². The average Bonchev–Trinajstić information content (AvgIpc) is 3.17. The minimum atomic E-state index is -1.72. The van der Waals surface area contributed by atoms with Gasteiger partial charge in [-0.2, -0.15) is 0 Å². The zero-order valence-electron chi connectivity index (χ0n) is 31.0. The maximum absolute atomic E-state index is 11.9. The summed E-state index contributed by atoms with van der Waals surface area (Å²) in [5.41, 5.74) is 8.27. The number of aliphatic hydroxyl groups excluding tert-OH is 8. The Bertz CT molecular complexity index is 1340. The number of benzene rings is 2. The van der Waals surface area contributed by atoms with Crippen LogP contribution in [-0.4, -0.2) is 148 Å². The molecule has 5 unspecified atom stereocenters. The number of anilines is 3. The molecule has 4 amide bonds. The summed E-state index contributed by atoms with van der Waals surface area (Å²) < 4.78 is 16.7. The van der Waals surface area contributed by atoms with Crippen molar-refractivity contribution in [3.8, 4) is 0 Å². The van der Waals surface area contributed by atoms with E-state index in [1.54, 1.807) is 48.5 Å². The number of nitrogens with one attached hydrogen (secondary N) is 4. The number of ether oxygens (including phenoxy) is 3. The summed E-state index contributed by atoms with van der Waals surface area (Å²) in [6, 6.07) is 13.4. The van der Waals surface area contributed by atoms with E-state index in [0.29, 0.717) is 24.5 Å². The van der Waals surface area contributed by atoms with Crippen LogP contribution >= 0.6 is 0 Å². The Kier molecular flexibility index (Phi) is 21.3. The third-order valence-corrected chi connectivity index (χ3v) is 8.55. The van der Waals surface area contributed by atoms with Crippen LogP contribution in [0.25, 0.3) is 0 Å². The van der Waals surface area contributed by atoms with E-state index in [9.17, 15) is 45.3 Å². The van der Waals surface area contributed by atoms with Gasteiger partial charge in [0, 0.05) is 43.7 Å². The number of hydrogen-bond acceptors (Lipinski definition) is 14. The van der Waals surface area contributed by atoms with Crippen LogP contribution in [0.2, 0.25) is 0 Å². The predicted octanol–water partition coefficient (Wildman–Crippen LogP) is -0.384. The van der Waals surface area contributed by atoms with Gasteiger partial charge < -0.3 is 82.1 Å². The van der Waals surface area contributed by atoms with E-state index < -0.39 is 74.4 Å². The van der Waals surface area contributed by atoms with Gasteiger partial charge in [-0.1, -0.05) is 38.8 Å². The van der Waals surface area contributed by atoms with E-state index in [0.717, 1.165) is 44.0 Å². The van der Waals surface area contributed by atoms with Gasteiger partial charge in [-0.3, -0.25) is 0 Å². The van der Waals surface area contributed by atoms with E-state index >= 15 is 0 Å². The fourth-order valence-electron chi connectivity index (χ4n) is 5.47. The first-order valence-electron chi connectivity index (χ1n) is 18.0. The second-order valence-electron chi connectivity index (χ2n) is 12.7. The third kappa shape index (κ3) is 14.5. The van der Waals surface area contributed by atoms with Crippen molar-refractivity contribution < 1.29 is 64.7 Å². The Morgan fingerprint density at radius 2 is 1.15 bits per heavy atom. The molecule has 10 atom stereocenters. The standard InChI is InChI=1S/C24H38N2O11.C11H17N3O.CH4O/c1-2-3-8-25-24(34)26-13-6-4-12(5-7-13)9-14-17(29)20(32)22(16(11-28)35-14)37-23-21(33)19(31)18(30)15(10-27)36-23;1-2-3-8-13-11(15)14-10-6-4-9(12)5-7-10;1-2/h4-7,14-23,27-33H,2-3,8-11H2,1H3,(H2,25,26,34);4-7H,2-3,8,12H2,1H3,(H2,13,14,15);2H,1H3/t14-,15?,16?,17?,18-,19?,20+,21-,22+,23?;;/m0../s1. The molecule has 0 spiro atoms. The van der Waals surface area contributed by atoms with Gasteiger partial charge >= 0.3 is 12.1 Å². The number of hydrogen-bond donors (Lipinski definition) is 13. The van der Waals surface area contributed by atoms with Crippen LogP contribution < -0.4 is 27.0 Å². The van der Waals surface area contributed by atoms with Gasteiger partial charge in [-0.25, -0.2) is 9.59 Å². The Balaban J connectivity index is 0.000000495. The monoisotopic (exact) mass is 769 g/mol. The molecule has 0 aliphatic carbocycles. The van der Waals surface area contributed by atoms with Crippen LogP contribution in [0.3, 0.4) is 0 Å². The Hall–Kier alpha value is -3.66. The summed E-state index contributed by atoms with van der Waals surface area (Å²) in [5.74, 6) is 0. The Morgan fingerprint density at radius 3 is 1.63 bits per heavy atom. The third-order valence-electron chi connectivity index (χ3n) is 8.55. The molecule has 306 valence electrons. The smallest absolute Gasteiger partial charge is 0.319 e. The second-order valence-corrected chi connectivity index (χ2v) is 12.7. The van der Waals surface area contributed by atoms with Crippen LogP contribution in [0, 0.1) is 0 Å². The Morgan fingerprint density at radius 1 is 0.667 bits per heavy atom. The van der Waals surface area contributed by atoms with Crippen molar-refractivity contribution in [2.75, 3.05) is 49.8 Å². The molecule has 4 rings (SSSR count). The molecule has 18 heteroatoms. The first-order valence-corrected chi connectivity index (χ1v) is 18.0. The molecule has 0 radical (unpaired) electrons. The molecule has 2 aromatic carbocycles. The topological polar surface area (TPSA) is 298 Å². The fourth-order valence-corrected chi connectivity index (χ4v) is 5.47. The predicted molar refractivity (Wildman–Crippen MR) is 199 cm³/mol. The number of urea groups is 2. The van der Waals surface area contributed by atoms with Gasteiger partial charge in [-0.15, -0.1) is 0 Å². The molecule has 2 aromatic rings. The molecule has 0 saturated carbocycles. The van der Waals surface area contributed by atoms with E-state index in [1.165, 1.54) is 0 Å².